The number of thiophene rings is 1. The molecule has 2 nitrogen and oxygen atoms in total. The maximum atomic E-state index is 8.88. The Morgan fingerprint density at radius 2 is 2.25 bits per heavy atom. The van der Waals surface area contributed by atoms with Crippen LogP contribution in [0.3, 0.4) is 0 Å². The highest BCUT2D eigenvalue weighted by Gasteiger charge is 2.26. The normalized spacial score (nSPS) is 21.1. The highest BCUT2D eigenvalue weighted by atomic mass is 35.5. The zero-order valence-electron chi connectivity index (χ0n) is 10.9. The van der Waals surface area contributed by atoms with Crippen molar-refractivity contribution in [1.29, 1.82) is 5.26 Å². The Morgan fingerprint density at radius 1 is 1.40 bits per heavy atom. The van der Waals surface area contributed by atoms with Gasteiger partial charge in [-0.05, 0) is 41.6 Å². The predicted octanol–water partition coefficient (Wildman–Crippen LogP) is 5.31. The van der Waals surface area contributed by atoms with E-state index in [-0.39, 0.29) is 6.04 Å². The summed E-state index contributed by atoms with van der Waals surface area (Å²) in [6.07, 6.45) is 1.07. The number of nitriles is 1. The van der Waals surface area contributed by atoms with E-state index >= 15 is 0 Å². The lowest BCUT2D eigenvalue weighted by atomic mass is 10.0. The smallest absolute Gasteiger partial charge is 0.0992 e. The van der Waals surface area contributed by atoms with Gasteiger partial charge in [-0.3, -0.25) is 0 Å². The number of hydrogen-bond donors (Lipinski definition) is 1. The van der Waals surface area contributed by atoms with Crippen LogP contribution in [0.15, 0.2) is 33.9 Å². The summed E-state index contributed by atoms with van der Waals surface area (Å²) in [5.41, 5.74) is 2.84. The Hall–Kier alpha value is -1.15. The summed E-state index contributed by atoms with van der Waals surface area (Å²) in [7, 11) is 0. The van der Waals surface area contributed by atoms with Crippen molar-refractivity contribution in [3.05, 3.63) is 45.8 Å². The quantitative estimate of drug-likeness (QED) is 0.814. The molecule has 2 aromatic rings. The van der Waals surface area contributed by atoms with Crippen LogP contribution in [0.4, 0.5) is 5.69 Å². The van der Waals surface area contributed by atoms with Gasteiger partial charge in [0.05, 0.1) is 32.6 Å². The van der Waals surface area contributed by atoms with Gasteiger partial charge in [-0.25, -0.2) is 0 Å². The summed E-state index contributed by atoms with van der Waals surface area (Å²) in [4.78, 5) is 0. The molecule has 0 radical (unpaired) electrons. The first-order valence-electron chi connectivity index (χ1n) is 6.37. The Morgan fingerprint density at radius 3 is 3.00 bits per heavy atom. The van der Waals surface area contributed by atoms with Gasteiger partial charge in [0.1, 0.15) is 0 Å². The number of nitrogens with one attached hydrogen (secondary N) is 1. The Bertz CT molecular complexity index is 675. The van der Waals surface area contributed by atoms with Crippen LogP contribution in [0.2, 0.25) is 5.02 Å². The van der Waals surface area contributed by atoms with E-state index in [9.17, 15) is 0 Å². The molecular weight excluding hydrogens is 308 g/mol. The largest absolute Gasteiger partial charge is 0.377 e. The average Bonchev–Trinajstić information content (AvgIpc) is 2.89. The number of benzene rings is 1. The van der Waals surface area contributed by atoms with Crippen molar-refractivity contribution in [3.63, 3.8) is 0 Å². The van der Waals surface area contributed by atoms with Crippen LogP contribution in [0.5, 0.6) is 0 Å². The molecule has 20 heavy (non-hydrogen) atoms. The molecule has 1 aromatic heterocycles. The molecule has 0 bridgehead atoms. The van der Waals surface area contributed by atoms with Gasteiger partial charge in [0, 0.05) is 5.25 Å². The van der Waals surface area contributed by atoms with E-state index in [0.29, 0.717) is 15.8 Å². The van der Waals surface area contributed by atoms with Crippen LogP contribution >= 0.6 is 34.7 Å². The van der Waals surface area contributed by atoms with E-state index in [0.717, 1.165) is 12.1 Å². The first kappa shape index (κ1) is 13.8. The number of nitrogens with zero attached hydrogens (tertiary/aromatic N) is 1. The highest BCUT2D eigenvalue weighted by molar-refractivity contribution is 8.01. The number of anilines is 1. The minimum atomic E-state index is 0.290. The molecule has 0 spiro atoms. The highest BCUT2D eigenvalue weighted by Crippen LogP contribution is 2.45. The predicted molar refractivity (Wildman–Crippen MR) is 86.8 cm³/mol. The minimum Gasteiger partial charge on any atom is -0.377 e. The second kappa shape index (κ2) is 5.69. The summed E-state index contributed by atoms with van der Waals surface area (Å²) >= 11 is 9.99. The van der Waals surface area contributed by atoms with Crippen molar-refractivity contribution in [2.45, 2.75) is 28.8 Å². The van der Waals surface area contributed by atoms with E-state index in [1.165, 1.54) is 9.77 Å². The number of hydrogen-bond acceptors (Lipinski definition) is 4. The van der Waals surface area contributed by atoms with Crippen molar-refractivity contribution in [2.75, 3.05) is 5.32 Å². The molecule has 5 heteroatoms. The summed E-state index contributed by atoms with van der Waals surface area (Å²) in [5.74, 6) is 0. The topological polar surface area (TPSA) is 35.8 Å². The first-order chi connectivity index (χ1) is 9.67. The van der Waals surface area contributed by atoms with Crippen LogP contribution in [0.1, 0.15) is 30.5 Å². The number of rotatable bonds is 2. The summed E-state index contributed by atoms with van der Waals surface area (Å²) in [6, 6.07) is 9.97. The third kappa shape index (κ3) is 2.67. The van der Waals surface area contributed by atoms with E-state index in [1.807, 2.05) is 17.8 Å². The SMILES string of the molecule is C[C@H]1CC(Nc2ccc(C#N)cc2Cl)c2ccsc2S1. The molecular formula is C15H13ClN2S2. The fraction of sp³-hybridized carbons (Fsp3) is 0.267. The lowest BCUT2D eigenvalue weighted by molar-refractivity contribution is 0.670. The maximum Gasteiger partial charge on any atom is 0.0992 e. The Kier molecular flexibility index (Phi) is 3.93. The van der Waals surface area contributed by atoms with Gasteiger partial charge in [0.15, 0.2) is 0 Å². The van der Waals surface area contributed by atoms with Crippen LogP contribution in [-0.2, 0) is 0 Å². The lowest BCUT2D eigenvalue weighted by Gasteiger charge is -2.28. The molecule has 2 heterocycles. The van der Waals surface area contributed by atoms with Crippen molar-refractivity contribution in [1.82, 2.24) is 0 Å². The van der Waals surface area contributed by atoms with E-state index in [4.69, 9.17) is 16.9 Å². The van der Waals surface area contributed by atoms with Gasteiger partial charge < -0.3 is 5.32 Å². The van der Waals surface area contributed by atoms with E-state index < -0.39 is 0 Å². The standard InChI is InChI=1S/C15H13ClN2S2/c1-9-6-14(11-4-5-19-15(11)20-9)18-13-3-2-10(8-17)7-12(13)16/h2-5,7,9,14,18H,6H2,1H3/t9-,14?/m0/s1. The van der Waals surface area contributed by atoms with Gasteiger partial charge in [0.2, 0.25) is 0 Å². The molecule has 1 aliphatic heterocycles. The van der Waals surface area contributed by atoms with Crippen LogP contribution in [0, 0.1) is 11.3 Å². The summed E-state index contributed by atoms with van der Waals surface area (Å²) < 4.78 is 1.39. The Balaban J connectivity index is 1.87. The summed E-state index contributed by atoms with van der Waals surface area (Å²) in [5, 5.41) is 15.7. The molecule has 1 aliphatic rings. The number of halogens is 1. The van der Waals surface area contributed by atoms with Crippen molar-refractivity contribution in [2.24, 2.45) is 0 Å². The van der Waals surface area contributed by atoms with Gasteiger partial charge in [-0.15, -0.1) is 23.1 Å². The third-order valence-corrected chi connectivity index (χ3v) is 5.99. The van der Waals surface area contributed by atoms with Crippen molar-refractivity contribution >= 4 is 40.4 Å². The third-order valence-electron chi connectivity index (χ3n) is 3.34. The zero-order chi connectivity index (χ0) is 14.1. The van der Waals surface area contributed by atoms with Crippen LogP contribution in [-0.4, -0.2) is 5.25 Å². The minimum absolute atomic E-state index is 0.290. The zero-order valence-corrected chi connectivity index (χ0v) is 13.3. The van der Waals surface area contributed by atoms with Gasteiger partial charge in [-0.2, -0.15) is 5.26 Å². The Labute approximate surface area is 131 Å². The maximum absolute atomic E-state index is 8.88. The van der Waals surface area contributed by atoms with Gasteiger partial charge >= 0.3 is 0 Å². The van der Waals surface area contributed by atoms with E-state index in [2.05, 4.69) is 29.8 Å². The van der Waals surface area contributed by atoms with Crippen LogP contribution < -0.4 is 5.32 Å². The van der Waals surface area contributed by atoms with Crippen molar-refractivity contribution < 1.29 is 0 Å². The van der Waals surface area contributed by atoms with Crippen molar-refractivity contribution in [3.8, 4) is 6.07 Å². The molecule has 0 saturated carbocycles. The molecule has 102 valence electrons. The van der Waals surface area contributed by atoms with Gasteiger partial charge in [0.25, 0.3) is 0 Å². The molecule has 0 fully saturated rings. The molecule has 0 aliphatic carbocycles. The fourth-order valence-corrected chi connectivity index (χ4v) is 5.18. The fourth-order valence-electron chi connectivity index (χ4n) is 2.38. The van der Waals surface area contributed by atoms with Gasteiger partial charge in [-0.1, -0.05) is 18.5 Å². The summed E-state index contributed by atoms with van der Waals surface area (Å²) in [6.45, 7) is 2.25. The average molecular weight is 321 g/mol. The number of fused-ring (bicyclic) bond motifs is 1. The molecule has 1 unspecified atom stereocenters. The second-order valence-electron chi connectivity index (χ2n) is 4.83. The van der Waals surface area contributed by atoms with Crippen LogP contribution in [0.25, 0.3) is 0 Å². The van der Waals surface area contributed by atoms with E-state index in [1.54, 1.807) is 23.5 Å². The second-order valence-corrected chi connectivity index (χ2v) is 7.86. The molecule has 1 N–H and O–H groups in total. The molecule has 0 saturated heterocycles. The number of thioether (sulfide) groups is 1. The molecule has 0 amide bonds. The monoisotopic (exact) mass is 320 g/mol. The lowest BCUT2D eigenvalue weighted by Crippen LogP contribution is -2.19. The molecule has 2 atom stereocenters. The molecule has 3 rings (SSSR count). The molecule has 1 aromatic carbocycles. The first-order valence-corrected chi connectivity index (χ1v) is 8.51.